The van der Waals surface area contributed by atoms with E-state index in [1.165, 1.54) is 0 Å². The van der Waals surface area contributed by atoms with Crippen molar-refractivity contribution in [2.24, 2.45) is 0 Å². The van der Waals surface area contributed by atoms with Crippen LogP contribution in [0, 0.1) is 0 Å². The van der Waals surface area contributed by atoms with Crippen LogP contribution in [0.3, 0.4) is 0 Å². The molecule has 2 atom stereocenters. The molecule has 0 saturated heterocycles. The molecule has 26 heavy (non-hydrogen) atoms. The van der Waals surface area contributed by atoms with Crippen molar-refractivity contribution in [1.29, 1.82) is 0 Å². The first kappa shape index (κ1) is 20.2. The Hall–Kier alpha value is -2.08. The van der Waals surface area contributed by atoms with Crippen LogP contribution in [0.15, 0.2) is 48.5 Å². The van der Waals surface area contributed by atoms with Gasteiger partial charge in [0.1, 0.15) is 11.5 Å². The molecule has 0 heterocycles. The lowest BCUT2D eigenvalue weighted by atomic mass is 9.95. The molecular formula is C21H29NO4. The van der Waals surface area contributed by atoms with Gasteiger partial charge in [0.2, 0.25) is 0 Å². The molecule has 5 heteroatoms. The molecule has 142 valence electrons. The van der Waals surface area contributed by atoms with Crippen LogP contribution in [-0.4, -0.2) is 37.6 Å². The summed E-state index contributed by atoms with van der Waals surface area (Å²) in [5.74, 6) is 1.55. The Labute approximate surface area is 155 Å². The van der Waals surface area contributed by atoms with Gasteiger partial charge in [0.25, 0.3) is 0 Å². The Morgan fingerprint density at radius 2 is 1.35 bits per heavy atom. The highest BCUT2D eigenvalue weighted by Gasteiger charge is 2.22. The maximum absolute atomic E-state index is 11.0. The standard InChI is InChI=1S/C21H29NO4/c1-25-18-10-6-16(7-11-18)20(22-14-4-3-5-15-23)21(24)17-8-12-19(26-2)13-9-17/h6-13,20-24H,3-5,14-15H2,1-2H3. The van der Waals surface area contributed by atoms with Crippen LogP contribution in [0.5, 0.6) is 11.5 Å². The van der Waals surface area contributed by atoms with E-state index in [0.717, 1.165) is 48.4 Å². The molecule has 0 fully saturated rings. The zero-order valence-electron chi connectivity index (χ0n) is 15.5. The number of aliphatic hydroxyl groups is 2. The van der Waals surface area contributed by atoms with Gasteiger partial charge in [-0.3, -0.25) is 0 Å². The summed E-state index contributed by atoms with van der Waals surface area (Å²) < 4.78 is 10.4. The van der Waals surface area contributed by atoms with Crippen LogP contribution in [0.1, 0.15) is 42.5 Å². The Bertz CT molecular complexity index is 627. The number of benzene rings is 2. The van der Waals surface area contributed by atoms with E-state index < -0.39 is 6.10 Å². The number of ether oxygens (including phenoxy) is 2. The number of nitrogens with one attached hydrogen (secondary N) is 1. The number of methoxy groups -OCH3 is 2. The fraction of sp³-hybridized carbons (Fsp3) is 0.429. The normalized spacial score (nSPS) is 13.2. The SMILES string of the molecule is COc1ccc(C(O)C(NCCCCCO)c2ccc(OC)cc2)cc1. The predicted octanol–water partition coefficient (Wildman–Crippen LogP) is 3.23. The van der Waals surface area contributed by atoms with Crippen molar-refractivity contribution in [3.8, 4) is 11.5 Å². The maximum atomic E-state index is 11.0. The highest BCUT2D eigenvalue weighted by Crippen LogP contribution is 2.31. The molecule has 0 aliphatic rings. The summed E-state index contributed by atoms with van der Waals surface area (Å²) in [5, 5.41) is 23.3. The molecule has 0 aromatic heterocycles. The molecule has 0 saturated carbocycles. The summed E-state index contributed by atoms with van der Waals surface area (Å²) in [4.78, 5) is 0. The Morgan fingerprint density at radius 3 is 1.85 bits per heavy atom. The predicted molar refractivity (Wildman–Crippen MR) is 103 cm³/mol. The van der Waals surface area contributed by atoms with Crippen molar-refractivity contribution in [2.75, 3.05) is 27.4 Å². The molecule has 0 bridgehead atoms. The molecule has 2 aromatic carbocycles. The molecule has 0 spiro atoms. The van der Waals surface area contributed by atoms with Gasteiger partial charge in [-0.25, -0.2) is 0 Å². The van der Waals surface area contributed by atoms with Crippen molar-refractivity contribution in [2.45, 2.75) is 31.4 Å². The average molecular weight is 359 g/mol. The number of hydrogen-bond acceptors (Lipinski definition) is 5. The van der Waals surface area contributed by atoms with Crippen LogP contribution >= 0.6 is 0 Å². The molecule has 2 rings (SSSR count). The lowest BCUT2D eigenvalue weighted by Gasteiger charge is -2.25. The molecule has 3 N–H and O–H groups in total. The number of aliphatic hydroxyl groups excluding tert-OH is 2. The van der Waals surface area contributed by atoms with Gasteiger partial charge in [0.05, 0.1) is 26.4 Å². The summed E-state index contributed by atoms with van der Waals surface area (Å²) in [7, 11) is 3.26. The topological polar surface area (TPSA) is 71.0 Å². The minimum Gasteiger partial charge on any atom is -0.497 e. The summed E-state index contributed by atoms with van der Waals surface area (Å²) >= 11 is 0. The van der Waals surface area contributed by atoms with Crippen LogP contribution in [0.4, 0.5) is 0 Å². The fourth-order valence-corrected chi connectivity index (χ4v) is 2.89. The first-order valence-corrected chi connectivity index (χ1v) is 8.99. The van der Waals surface area contributed by atoms with E-state index in [1.807, 2.05) is 48.5 Å². The van der Waals surface area contributed by atoms with E-state index in [9.17, 15) is 5.11 Å². The number of rotatable bonds is 11. The molecular weight excluding hydrogens is 330 g/mol. The van der Waals surface area contributed by atoms with Gasteiger partial charge in [-0.15, -0.1) is 0 Å². The fourth-order valence-electron chi connectivity index (χ4n) is 2.89. The quantitative estimate of drug-likeness (QED) is 0.537. The number of hydrogen-bond donors (Lipinski definition) is 3. The van der Waals surface area contributed by atoms with E-state index in [2.05, 4.69) is 5.32 Å². The van der Waals surface area contributed by atoms with Crippen LogP contribution < -0.4 is 14.8 Å². The van der Waals surface area contributed by atoms with Crippen molar-refractivity contribution < 1.29 is 19.7 Å². The van der Waals surface area contributed by atoms with E-state index in [4.69, 9.17) is 14.6 Å². The van der Waals surface area contributed by atoms with Crippen molar-refractivity contribution >= 4 is 0 Å². The summed E-state index contributed by atoms with van der Waals surface area (Å²) in [6.07, 6.45) is 2.02. The number of unbranched alkanes of at least 4 members (excludes halogenated alkanes) is 2. The van der Waals surface area contributed by atoms with Gasteiger partial charge in [0.15, 0.2) is 0 Å². The van der Waals surface area contributed by atoms with Crippen LogP contribution in [0.25, 0.3) is 0 Å². The summed E-state index contributed by atoms with van der Waals surface area (Å²) in [6.45, 7) is 0.986. The summed E-state index contributed by atoms with van der Waals surface area (Å²) in [5.41, 5.74) is 1.82. The third kappa shape index (κ3) is 5.73. The van der Waals surface area contributed by atoms with Crippen LogP contribution in [-0.2, 0) is 0 Å². The smallest absolute Gasteiger partial charge is 0.118 e. The average Bonchev–Trinajstić information content (AvgIpc) is 2.70. The summed E-state index contributed by atoms with van der Waals surface area (Å²) in [6, 6.07) is 15.0. The molecule has 0 amide bonds. The van der Waals surface area contributed by atoms with Gasteiger partial charge in [-0.05, 0) is 61.2 Å². The lowest BCUT2D eigenvalue weighted by Crippen LogP contribution is -2.28. The second kappa shape index (κ2) is 10.8. The first-order chi connectivity index (χ1) is 12.7. The highest BCUT2D eigenvalue weighted by molar-refractivity contribution is 5.33. The molecule has 5 nitrogen and oxygen atoms in total. The van der Waals surface area contributed by atoms with Gasteiger partial charge in [0, 0.05) is 6.61 Å². The molecule has 2 unspecified atom stereocenters. The Balaban J connectivity index is 2.14. The highest BCUT2D eigenvalue weighted by atomic mass is 16.5. The lowest BCUT2D eigenvalue weighted by molar-refractivity contribution is 0.128. The second-order valence-corrected chi connectivity index (χ2v) is 6.21. The molecule has 0 aliphatic carbocycles. The van der Waals surface area contributed by atoms with Crippen molar-refractivity contribution in [3.63, 3.8) is 0 Å². The molecule has 0 aliphatic heterocycles. The molecule has 0 radical (unpaired) electrons. The zero-order chi connectivity index (χ0) is 18.8. The third-order valence-corrected chi connectivity index (χ3v) is 4.45. The van der Waals surface area contributed by atoms with Crippen molar-refractivity contribution in [3.05, 3.63) is 59.7 Å². The van der Waals surface area contributed by atoms with Gasteiger partial charge in [-0.1, -0.05) is 24.3 Å². The van der Waals surface area contributed by atoms with Crippen LogP contribution in [0.2, 0.25) is 0 Å². The van der Waals surface area contributed by atoms with Gasteiger partial charge >= 0.3 is 0 Å². The van der Waals surface area contributed by atoms with E-state index in [-0.39, 0.29) is 12.6 Å². The van der Waals surface area contributed by atoms with E-state index in [0.29, 0.717) is 0 Å². The maximum Gasteiger partial charge on any atom is 0.118 e. The second-order valence-electron chi connectivity index (χ2n) is 6.21. The Kier molecular flexibility index (Phi) is 8.41. The van der Waals surface area contributed by atoms with Gasteiger partial charge < -0.3 is 25.0 Å². The van der Waals surface area contributed by atoms with Crippen molar-refractivity contribution in [1.82, 2.24) is 5.32 Å². The minimum absolute atomic E-state index is 0.219. The Morgan fingerprint density at radius 1 is 0.808 bits per heavy atom. The van der Waals surface area contributed by atoms with Gasteiger partial charge in [-0.2, -0.15) is 0 Å². The first-order valence-electron chi connectivity index (χ1n) is 8.99. The monoisotopic (exact) mass is 359 g/mol. The zero-order valence-corrected chi connectivity index (χ0v) is 15.5. The molecule has 2 aromatic rings. The third-order valence-electron chi connectivity index (χ3n) is 4.45. The minimum atomic E-state index is -0.688. The largest absolute Gasteiger partial charge is 0.497 e. The van der Waals surface area contributed by atoms with E-state index >= 15 is 0 Å². The van der Waals surface area contributed by atoms with E-state index in [1.54, 1.807) is 14.2 Å².